The Morgan fingerprint density at radius 3 is 2.55 bits per heavy atom. The number of benzene rings is 1. The van der Waals surface area contributed by atoms with Crippen molar-refractivity contribution in [3.63, 3.8) is 0 Å². The number of carbonyl (C=O) groups is 2. The average molecular weight is 678 g/mol. The van der Waals surface area contributed by atoms with Crippen LogP contribution < -0.4 is 11.5 Å². The summed E-state index contributed by atoms with van der Waals surface area (Å²) in [6, 6.07) is 3.26. The Morgan fingerprint density at radius 2 is 1.96 bits per heavy atom. The molecule has 0 bridgehead atoms. The molecule has 250 valence electrons. The molecular weight excluding hydrogens is 646 g/mol. The third-order valence-corrected chi connectivity index (χ3v) is 8.17. The van der Waals surface area contributed by atoms with E-state index in [9.17, 15) is 27.2 Å². The van der Waals surface area contributed by atoms with E-state index in [0.717, 1.165) is 11.0 Å². The fourth-order valence-corrected chi connectivity index (χ4v) is 6.16. The summed E-state index contributed by atoms with van der Waals surface area (Å²) in [6.45, 7) is 2.59. The largest absolute Gasteiger partial charge is 0.447 e. The van der Waals surface area contributed by atoms with Gasteiger partial charge in [0, 0.05) is 17.7 Å². The van der Waals surface area contributed by atoms with Crippen LogP contribution in [0, 0.1) is 11.3 Å². The van der Waals surface area contributed by atoms with Crippen molar-refractivity contribution in [2.75, 3.05) is 6.61 Å². The van der Waals surface area contributed by atoms with Crippen molar-refractivity contribution < 1.29 is 31.9 Å². The van der Waals surface area contributed by atoms with E-state index in [1.807, 2.05) is 26.8 Å². The standard InChI is InChI=1S/C30H32ClF4N9O3/c1-29(2,3)14-30(19-7-4-16(5-8-19)18-11-39-42(12-18)26(34)35)25(45)43(27(36)41-30)22(13-47-28(37)46)17-6-9-20(31)21(10-17)44-24(23(32)33)38-15-40-44/h4-7,9-12,15,19,22-23,26H,8,13-14H2,1-3H3,(H2,36,41)(H2,37,46)/t19?,22-,30-/m1/s1. The summed E-state index contributed by atoms with van der Waals surface area (Å²) >= 11 is 6.38. The lowest BCUT2D eigenvalue weighted by Gasteiger charge is -2.38. The van der Waals surface area contributed by atoms with Crippen molar-refractivity contribution in [2.45, 2.75) is 58.2 Å². The van der Waals surface area contributed by atoms with Gasteiger partial charge in [0.2, 0.25) is 0 Å². The van der Waals surface area contributed by atoms with Gasteiger partial charge in [0.1, 0.15) is 12.9 Å². The molecule has 2 amide bonds. The van der Waals surface area contributed by atoms with Crippen LogP contribution in [0.15, 0.2) is 60.1 Å². The second-order valence-corrected chi connectivity index (χ2v) is 12.7. The third-order valence-electron chi connectivity index (χ3n) is 7.85. The van der Waals surface area contributed by atoms with Crippen molar-refractivity contribution in [2.24, 2.45) is 27.8 Å². The molecule has 17 heteroatoms. The summed E-state index contributed by atoms with van der Waals surface area (Å²) in [4.78, 5) is 36.0. The van der Waals surface area contributed by atoms with Gasteiger partial charge in [0.05, 0.1) is 22.9 Å². The van der Waals surface area contributed by atoms with Crippen molar-refractivity contribution in [3.05, 3.63) is 77.1 Å². The SMILES string of the molecule is CC(C)(C)C[C@]1(C2C=CC(c3cnn(C(F)F)c3)=CC2)N=C(N)N([C@H](COC(N)=O)c2ccc(Cl)c(-n3ncnc3C(F)F)c2)C1=O. The van der Waals surface area contributed by atoms with Crippen LogP contribution in [0.1, 0.15) is 69.6 Å². The van der Waals surface area contributed by atoms with E-state index in [1.54, 1.807) is 12.2 Å². The minimum absolute atomic E-state index is 0.0344. The Morgan fingerprint density at radius 1 is 1.21 bits per heavy atom. The van der Waals surface area contributed by atoms with Gasteiger partial charge in [-0.05, 0) is 41.5 Å². The van der Waals surface area contributed by atoms with Gasteiger partial charge in [-0.15, -0.1) is 0 Å². The van der Waals surface area contributed by atoms with Gasteiger partial charge < -0.3 is 16.2 Å². The number of allylic oxidation sites excluding steroid dienone is 3. The molecule has 0 saturated heterocycles. The number of alkyl halides is 4. The number of hydrogen-bond acceptors (Lipinski definition) is 8. The first kappa shape index (κ1) is 33.6. The Kier molecular flexibility index (Phi) is 9.17. The van der Waals surface area contributed by atoms with E-state index in [2.05, 4.69) is 15.2 Å². The molecule has 5 rings (SSSR count). The molecule has 1 aromatic carbocycles. The maximum absolute atomic E-state index is 14.7. The highest BCUT2D eigenvalue weighted by atomic mass is 35.5. The van der Waals surface area contributed by atoms with Crippen molar-refractivity contribution in [1.82, 2.24) is 29.4 Å². The Balaban J connectivity index is 1.53. The third kappa shape index (κ3) is 6.73. The predicted molar refractivity (Wildman–Crippen MR) is 164 cm³/mol. The molecule has 2 aromatic heterocycles. The Bertz CT molecular complexity index is 1760. The zero-order chi connectivity index (χ0) is 34.3. The number of ether oxygens (including phenoxy) is 1. The summed E-state index contributed by atoms with van der Waals surface area (Å²) in [5, 5.41) is 7.64. The molecule has 1 aliphatic carbocycles. The summed E-state index contributed by atoms with van der Waals surface area (Å²) in [6.07, 6.45) is 5.35. The first-order valence-corrected chi connectivity index (χ1v) is 14.8. The van der Waals surface area contributed by atoms with E-state index in [0.29, 0.717) is 27.8 Å². The molecule has 12 nitrogen and oxygen atoms in total. The van der Waals surface area contributed by atoms with E-state index in [-0.39, 0.29) is 23.1 Å². The maximum atomic E-state index is 14.7. The number of halogens is 5. The molecule has 3 heterocycles. The number of aromatic nitrogens is 5. The summed E-state index contributed by atoms with van der Waals surface area (Å²) in [7, 11) is 0. The van der Waals surface area contributed by atoms with Gasteiger partial charge in [0.15, 0.2) is 17.3 Å². The summed E-state index contributed by atoms with van der Waals surface area (Å²) < 4.78 is 60.1. The van der Waals surface area contributed by atoms with E-state index in [1.165, 1.54) is 35.5 Å². The normalized spacial score (nSPS) is 20.6. The number of primary amides is 1. The number of aliphatic imine (C=N–C) groups is 1. The van der Waals surface area contributed by atoms with Crippen molar-refractivity contribution >= 4 is 35.1 Å². The number of rotatable bonds is 10. The molecule has 0 fully saturated rings. The van der Waals surface area contributed by atoms with Crippen LogP contribution in [-0.2, 0) is 9.53 Å². The number of guanidine groups is 1. The van der Waals surface area contributed by atoms with Gasteiger partial charge in [-0.25, -0.2) is 32.9 Å². The molecule has 2 aliphatic rings. The summed E-state index contributed by atoms with van der Waals surface area (Å²) in [5.41, 5.74) is 11.4. The average Bonchev–Trinajstić information content (AvgIpc) is 3.73. The molecule has 0 radical (unpaired) electrons. The number of amides is 2. The molecule has 3 atom stereocenters. The zero-order valence-electron chi connectivity index (χ0n) is 25.5. The van der Waals surface area contributed by atoms with E-state index >= 15 is 0 Å². The van der Waals surface area contributed by atoms with E-state index in [4.69, 9.17) is 32.8 Å². The van der Waals surface area contributed by atoms with Crippen LogP contribution in [0.25, 0.3) is 11.3 Å². The molecule has 3 aromatic rings. The molecule has 0 saturated carbocycles. The summed E-state index contributed by atoms with van der Waals surface area (Å²) in [5.74, 6) is -1.82. The molecule has 1 unspecified atom stereocenters. The van der Waals surface area contributed by atoms with Crippen molar-refractivity contribution in [1.29, 1.82) is 0 Å². The smallest absolute Gasteiger partial charge is 0.404 e. The van der Waals surface area contributed by atoms with Gasteiger partial charge in [-0.1, -0.05) is 56.7 Å². The minimum atomic E-state index is -2.97. The van der Waals surface area contributed by atoms with E-state index < -0.39 is 60.3 Å². The highest BCUT2D eigenvalue weighted by Gasteiger charge is 2.55. The number of carbonyl (C=O) groups excluding carboxylic acids is 2. The molecule has 0 spiro atoms. The minimum Gasteiger partial charge on any atom is -0.447 e. The van der Waals surface area contributed by atoms with Crippen LogP contribution in [-0.4, -0.2) is 59.6 Å². The van der Waals surface area contributed by atoms with Gasteiger partial charge in [0.25, 0.3) is 12.3 Å². The van der Waals surface area contributed by atoms with Crippen LogP contribution >= 0.6 is 11.6 Å². The topological polar surface area (TPSA) is 160 Å². The number of nitrogens with two attached hydrogens (primary N) is 2. The second-order valence-electron chi connectivity index (χ2n) is 12.3. The van der Waals surface area contributed by atoms with Crippen LogP contribution in [0.4, 0.5) is 22.4 Å². The molecule has 1 aliphatic heterocycles. The number of hydrogen-bond donors (Lipinski definition) is 2. The maximum Gasteiger partial charge on any atom is 0.404 e. The fourth-order valence-electron chi connectivity index (χ4n) is 5.96. The first-order valence-electron chi connectivity index (χ1n) is 14.4. The predicted octanol–water partition coefficient (Wildman–Crippen LogP) is 5.58. The van der Waals surface area contributed by atoms with Crippen LogP contribution in [0.5, 0.6) is 0 Å². The number of nitrogens with zero attached hydrogens (tertiary/aromatic N) is 7. The molecular formula is C30H32ClF4N9O3. The second kappa shape index (κ2) is 12.8. The van der Waals surface area contributed by atoms with Gasteiger partial charge >= 0.3 is 12.6 Å². The first-order chi connectivity index (χ1) is 22.1. The van der Waals surface area contributed by atoms with Crippen molar-refractivity contribution in [3.8, 4) is 5.69 Å². The highest BCUT2D eigenvalue weighted by Crippen LogP contribution is 2.46. The monoisotopic (exact) mass is 677 g/mol. The molecule has 4 N–H and O–H groups in total. The van der Waals surface area contributed by atoms with Crippen LogP contribution in [0.3, 0.4) is 0 Å². The lowest BCUT2D eigenvalue weighted by Crippen LogP contribution is -2.51. The zero-order valence-corrected chi connectivity index (χ0v) is 26.3. The highest BCUT2D eigenvalue weighted by molar-refractivity contribution is 6.32. The van der Waals surface area contributed by atoms with Crippen LogP contribution in [0.2, 0.25) is 5.02 Å². The molecule has 47 heavy (non-hydrogen) atoms. The van der Waals surface area contributed by atoms with Gasteiger partial charge in [-0.2, -0.15) is 19.0 Å². The lowest BCUT2D eigenvalue weighted by molar-refractivity contribution is -0.136. The Hall–Kier alpha value is -4.73. The lowest BCUT2D eigenvalue weighted by atomic mass is 9.70. The Labute approximate surface area is 271 Å². The fraction of sp³-hybridized carbons (Fsp3) is 0.400. The quantitative estimate of drug-likeness (QED) is 0.265. The van der Waals surface area contributed by atoms with Gasteiger partial charge in [-0.3, -0.25) is 9.69 Å².